The number of fused-ring (bicyclic) bond motifs is 1. The first-order chi connectivity index (χ1) is 15.8. The van der Waals surface area contributed by atoms with Crippen molar-refractivity contribution >= 4 is 42.6 Å². The highest BCUT2D eigenvalue weighted by molar-refractivity contribution is 7.90. The van der Waals surface area contributed by atoms with E-state index < -0.39 is 9.84 Å². The second-order valence-corrected chi connectivity index (χ2v) is 10.9. The van der Waals surface area contributed by atoms with Gasteiger partial charge in [-0.15, -0.1) is 10.2 Å². The Bertz CT molecular complexity index is 1440. The van der Waals surface area contributed by atoms with Crippen LogP contribution >= 0.6 is 11.3 Å². The lowest BCUT2D eigenvalue weighted by Crippen LogP contribution is -2.31. The average molecular weight is 484 g/mol. The summed E-state index contributed by atoms with van der Waals surface area (Å²) >= 11 is 1.35. The van der Waals surface area contributed by atoms with Gasteiger partial charge in [0.1, 0.15) is 0 Å². The summed E-state index contributed by atoms with van der Waals surface area (Å²) in [5, 5.41) is 18.3. The first-order valence-electron chi connectivity index (χ1n) is 10.4. The van der Waals surface area contributed by atoms with Crippen LogP contribution in [0.4, 0.5) is 9.93 Å². The topological polar surface area (TPSA) is 132 Å². The predicted molar refractivity (Wildman–Crippen MR) is 125 cm³/mol. The molecule has 2 aromatic heterocycles. The number of carbonyl (C=O) groups is 1. The van der Waals surface area contributed by atoms with E-state index in [4.69, 9.17) is 0 Å². The van der Waals surface area contributed by atoms with Crippen LogP contribution in [0.15, 0.2) is 47.4 Å². The molecule has 2 heterocycles. The number of rotatable bonds is 7. The number of benzene rings is 2. The molecule has 2 amide bonds. The number of thiazole rings is 1. The zero-order valence-electron chi connectivity index (χ0n) is 17.7. The largest absolute Gasteiger partial charge is 0.336 e. The van der Waals surface area contributed by atoms with Crippen LogP contribution in [-0.4, -0.2) is 52.4 Å². The molecule has 2 aromatic carbocycles. The van der Waals surface area contributed by atoms with E-state index in [9.17, 15) is 13.2 Å². The van der Waals surface area contributed by atoms with Gasteiger partial charge in [0.15, 0.2) is 20.8 Å². The van der Waals surface area contributed by atoms with Crippen molar-refractivity contribution in [2.24, 2.45) is 0 Å². The fourth-order valence-corrected chi connectivity index (χ4v) is 4.90. The monoisotopic (exact) mass is 483 g/mol. The highest BCUT2D eigenvalue weighted by Gasteiger charge is 2.28. The van der Waals surface area contributed by atoms with Gasteiger partial charge >= 0.3 is 6.03 Å². The number of amides is 2. The Morgan fingerprint density at radius 3 is 2.79 bits per heavy atom. The van der Waals surface area contributed by atoms with Crippen LogP contribution in [0.2, 0.25) is 0 Å². The summed E-state index contributed by atoms with van der Waals surface area (Å²) < 4.78 is 24.6. The second kappa shape index (κ2) is 8.52. The van der Waals surface area contributed by atoms with E-state index in [-0.39, 0.29) is 10.9 Å². The fraction of sp³-hybridized carbons (Fsp3) is 0.286. The van der Waals surface area contributed by atoms with E-state index >= 15 is 0 Å². The van der Waals surface area contributed by atoms with Crippen molar-refractivity contribution in [2.45, 2.75) is 30.2 Å². The first kappa shape index (κ1) is 21.5. The third-order valence-electron chi connectivity index (χ3n) is 5.21. The molecule has 33 heavy (non-hydrogen) atoms. The Morgan fingerprint density at radius 2 is 2.00 bits per heavy atom. The molecule has 0 radical (unpaired) electrons. The standard InChI is InChI=1S/C21H21N7O3S2/c1-33(30,31)16-4-2-3-14(11-16)15-7-8-17-18(12-15)32-21(23-17)24-20(29)22-9-10-28-26-19(25-27-28)13-5-6-13/h2-4,7-8,11-13H,5-6,9-10H2,1H3,(H2,22,23,24,29). The van der Waals surface area contributed by atoms with E-state index in [1.165, 1.54) is 22.4 Å². The van der Waals surface area contributed by atoms with Gasteiger partial charge in [-0.1, -0.05) is 29.5 Å². The molecule has 0 spiro atoms. The van der Waals surface area contributed by atoms with Crippen molar-refractivity contribution < 1.29 is 13.2 Å². The number of hydrogen-bond donors (Lipinski definition) is 2. The smallest absolute Gasteiger partial charge is 0.321 e. The normalized spacial score (nSPS) is 13.8. The summed E-state index contributed by atoms with van der Waals surface area (Å²) in [6, 6.07) is 12.1. The third kappa shape index (κ3) is 5.01. The van der Waals surface area contributed by atoms with Crippen molar-refractivity contribution in [3.05, 3.63) is 48.3 Å². The molecule has 170 valence electrons. The van der Waals surface area contributed by atoms with Crippen LogP contribution in [0.1, 0.15) is 24.6 Å². The van der Waals surface area contributed by atoms with Crippen LogP contribution in [-0.2, 0) is 16.4 Å². The number of anilines is 1. The van der Waals surface area contributed by atoms with E-state index in [1.807, 2.05) is 24.3 Å². The van der Waals surface area contributed by atoms with Crippen molar-refractivity contribution in [3.63, 3.8) is 0 Å². The average Bonchev–Trinajstić information content (AvgIpc) is 3.39. The Hall–Kier alpha value is -3.38. The lowest BCUT2D eigenvalue weighted by Gasteiger charge is -2.04. The van der Waals surface area contributed by atoms with E-state index in [2.05, 4.69) is 31.0 Å². The van der Waals surface area contributed by atoms with Crippen molar-refractivity contribution in [1.82, 2.24) is 30.5 Å². The Balaban J connectivity index is 1.22. The molecule has 1 fully saturated rings. The van der Waals surface area contributed by atoms with Gasteiger partial charge in [-0.05, 0) is 53.4 Å². The molecule has 0 unspecified atom stereocenters. The molecule has 0 aliphatic heterocycles. The van der Waals surface area contributed by atoms with Gasteiger partial charge in [0, 0.05) is 18.7 Å². The Labute approximate surface area is 194 Å². The summed E-state index contributed by atoms with van der Waals surface area (Å²) in [5.41, 5.74) is 2.42. The molecule has 1 aliphatic carbocycles. The molecule has 5 rings (SSSR count). The fourth-order valence-electron chi connectivity index (χ4n) is 3.33. The maximum atomic E-state index is 12.2. The number of hydrogen-bond acceptors (Lipinski definition) is 8. The van der Waals surface area contributed by atoms with Crippen molar-refractivity contribution in [1.29, 1.82) is 0 Å². The minimum Gasteiger partial charge on any atom is -0.336 e. The van der Waals surface area contributed by atoms with E-state index in [0.29, 0.717) is 24.1 Å². The lowest BCUT2D eigenvalue weighted by molar-refractivity contribution is 0.251. The minimum atomic E-state index is -3.29. The number of tetrazole rings is 1. The molecule has 0 atom stereocenters. The molecular formula is C21H21N7O3S2. The molecule has 12 heteroatoms. The van der Waals surface area contributed by atoms with Crippen LogP contribution in [0.5, 0.6) is 0 Å². The number of carbonyl (C=O) groups excluding carboxylic acids is 1. The minimum absolute atomic E-state index is 0.272. The lowest BCUT2D eigenvalue weighted by atomic mass is 10.1. The van der Waals surface area contributed by atoms with E-state index in [1.54, 1.807) is 18.2 Å². The molecule has 10 nitrogen and oxygen atoms in total. The molecule has 1 saturated carbocycles. The summed E-state index contributed by atoms with van der Waals surface area (Å²) in [6.07, 6.45) is 3.42. The summed E-state index contributed by atoms with van der Waals surface area (Å²) in [6.45, 7) is 0.793. The number of urea groups is 1. The SMILES string of the molecule is CS(=O)(=O)c1cccc(-c2ccc3nc(NC(=O)NCCn4nnc(C5CC5)n4)sc3c2)c1. The van der Waals surface area contributed by atoms with Crippen LogP contribution < -0.4 is 10.6 Å². The van der Waals surface area contributed by atoms with Crippen LogP contribution in [0, 0.1) is 0 Å². The predicted octanol–water partition coefficient (Wildman–Crippen LogP) is 3.05. The van der Waals surface area contributed by atoms with Gasteiger partial charge in [-0.2, -0.15) is 4.80 Å². The molecule has 1 aliphatic rings. The van der Waals surface area contributed by atoms with Gasteiger partial charge < -0.3 is 5.32 Å². The number of nitrogens with one attached hydrogen (secondary N) is 2. The van der Waals surface area contributed by atoms with Gasteiger partial charge in [0.05, 0.1) is 21.7 Å². The van der Waals surface area contributed by atoms with Gasteiger partial charge in [-0.3, -0.25) is 5.32 Å². The van der Waals surface area contributed by atoms with Crippen molar-refractivity contribution in [2.75, 3.05) is 18.1 Å². The molecule has 0 bridgehead atoms. The molecule has 0 saturated heterocycles. The Morgan fingerprint density at radius 1 is 1.18 bits per heavy atom. The van der Waals surface area contributed by atoms with Crippen LogP contribution in [0.25, 0.3) is 21.3 Å². The van der Waals surface area contributed by atoms with Gasteiger partial charge in [-0.25, -0.2) is 18.2 Å². The number of nitrogens with zero attached hydrogens (tertiary/aromatic N) is 5. The highest BCUT2D eigenvalue weighted by atomic mass is 32.2. The zero-order valence-corrected chi connectivity index (χ0v) is 19.4. The molecular weight excluding hydrogens is 462 g/mol. The highest BCUT2D eigenvalue weighted by Crippen LogP contribution is 2.37. The van der Waals surface area contributed by atoms with Gasteiger partial charge in [0.25, 0.3) is 0 Å². The summed E-state index contributed by atoms with van der Waals surface area (Å²) in [7, 11) is -3.29. The third-order valence-corrected chi connectivity index (χ3v) is 7.26. The maximum Gasteiger partial charge on any atom is 0.321 e. The zero-order chi connectivity index (χ0) is 23.0. The quantitative estimate of drug-likeness (QED) is 0.413. The molecule has 2 N–H and O–H groups in total. The van der Waals surface area contributed by atoms with E-state index in [0.717, 1.165) is 40.0 Å². The summed E-state index contributed by atoms with van der Waals surface area (Å²) in [4.78, 5) is 18.5. The maximum absolute atomic E-state index is 12.2. The molecule has 4 aromatic rings. The van der Waals surface area contributed by atoms with Gasteiger partial charge in [0.2, 0.25) is 0 Å². The second-order valence-electron chi connectivity index (χ2n) is 7.90. The number of aromatic nitrogens is 5. The van der Waals surface area contributed by atoms with Crippen molar-refractivity contribution in [3.8, 4) is 11.1 Å². The first-order valence-corrected chi connectivity index (χ1v) is 13.1. The summed E-state index contributed by atoms with van der Waals surface area (Å²) in [5.74, 6) is 1.22. The number of sulfone groups is 1. The van der Waals surface area contributed by atoms with Crippen LogP contribution in [0.3, 0.4) is 0 Å². The Kier molecular flexibility index (Phi) is 5.54.